The molecule has 0 radical (unpaired) electrons. The Morgan fingerprint density at radius 2 is 1.53 bits per heavy atom. The fraction of sp³-hybridized carbons (Fsp3) is 0.206. The lowest BCUT2D eigenvalue weighted by Gasteiger charge is -2.30. The van der Waals surface area contributed by atoms with E-state index in [4.69, 9.17) is 4.74 Å². The maximum Gasteiger partial charge on any atom is 0.163 e. The van der Waals surface area contributed by atoms with E-state index in [2.05, 4.69) is 78.2 Å². The Morgan fingerprint density at radius 3 is 2.32 bits per heavy atom. The van der Waals surface area contributed by atoms with E-state index in [0.29, 0.717) is 13.0 Å². The maximum atomic E-state index is 13.8. The summed E-state index contributed by atoms with van der Waals surface area (Å²) in [6.45, 7) is 2.66. The Morgan fingerprint density at radius 1 is 0.763 bits per heavy atom. The zero-order chi connectivity index (χ0) is 25.9. The van der Waals surface area contributed by atoms with E-state index >= 15 is 0 Å². The number of aryl methyl sites for hydroxylation is 1. The van der Waals surface area contributed by atoms with Crippen molar-refractivity contribution in [2.75, 3.05) is 10.6 Å². The molecule has 4 aromatic rings. The average Bonchev–Trinajstić information content (AvgIpc) is 3.14. The molecule has 1 aliphatic heterocycles. The number of nitrogens with one attached hydrogen (secondary N) is 2. The highest BCUT2D eigenvalue weighted by atomic mass is 16.5. The van der Waals surface area contributed by atoms with Crippen LogP contribution in [0, 0.1) is 0 Å². The number of Topliss-reactive ketones (excluding diaryl/α,β-unsaturated/α-hetero) is 1. The molecule has 0 saturated heterocycles. The van der Waals surface area contributed by atoms with E-state index in [1.165, 1.54) is 11.1 Å². The molecule has 4 aromatic carbocycles. The molecule has 0 aromatic heterocycles. The van der Waals surface area contributed by atoms with Gasteiger partial charge in [0.05, 0.1) is 17.4 Å². The molecule has 190 valence electrons. The van der Waals surface area contributed by atoms with Crippen LogP contribution in [0.15, 0.2) is 114 Å². The normalized spacial score (nSPS) is 18.5. The van der Waals surface area contributed by atoms with Gasteiger partial charge in [-0.2, -0.15) is 0 Å². The van der Waals surface area contributed by atoms with Gasteiger partial charge < -0.3 is 15.4 Å². The van der Waals surface area contributed by atoms with Gasteiger partial charge in [-0.15, -0.1) is 0 Å². The fourth-order valence-corrected chi connectivity index (χ4v) is 5.53. The second-order valence-electron chi connectivity index (χ2n) is 10.1. The van der Waals surface area contributed by atoms with Crippen molar-refractivity contribution < 1.29 is 9.53 Å². The van der Waals surface area contributed by atoms with Gasteiger partial charge in [0, 0.05) is 17.7 Å². The van der Waals surface area contributed by atoms with Crippen molar-refractivity contribution in [1.82, 2.24) is 0 Å². The van der Waals surface area contributed by atoms with Gasteiger partial charge in [0.2, 0.25) is 0 Å². The summed E-state index contributed by atoms with van der Waals surface area (Å²) in [5, 5.41) is 7.32. The molecular weight excluding hydrogens is 468 g/mol. The Labute approximate surface area is 224 Å². The quantitative estimate of drug-likeness (QED) is 0.283. The monoisotopic (exact) mass is 500 g/mol. The molecule has 6 rings (SSSR count). The number of hydrogen-bond acceptors (Lipinski definition) is 4. The van der Waals surface area contributed by atoms with Gasteiger partial charge in [0.15, 0.2) is 5.78 Å². The smallest absolute Gasteiger partial charge is 0.163 e. The third-order valence-electron chi connectivity index (χ3n) is 7.61. The Hall–Kier alpha value is -4.31. The summed E-state index contributed by atoms with van der Waals surface area (Å²) in [4.78, 5) is 13.8. The van der Waals surface area contributed by atoms with Crippen molar-refractivity contribution in [3.05, 3.63) is 137 Å². The summed E-state index contributed by atoms with van der Waals surface area (Å²) in [6.07, 6.45) is 2.31. The summed E-state index contributed by atoms with van der Waals surface area (Å²) >= 11 is 0. The van der Waals surface area contributed by atoms with Gasteiger partial charge in [0.1, 0.15) is 12.4 Å². The van der Waals surface area contributed by atoms with Crippen LogP contribution in [-0.2, 0) is 17.8 Å². The van der Waals surface area contributed by atoms with Crippen LogP contribution in [0.4, 0.5) is 11.4 Å². The Kier molecular flexibility index (Phi) is 6.70. The maximum absolute atomic E-state index is 13.8. The van der Waals surface area contributed by atoms with Crippen LogP contribution in [0.1, 0.15) is 54.0 Å². The fourth-order valence-electron chi connectivity index (χ4n) is 5.53. The van der Waals surface area contributed by atoms with Crippen LogP contribution >= 0.6 is 0 Å². The third kappa shape index (κ3) is 4.95. The van der Waals surface area contributed by atoms with Crippen molar-refractivity contribution in [2.24, 2.45) is 0 Å². The molecule has 2 aliphatic rings. The lowest BCUT2D eigenvalue weighted by atomic mass is 9.78. The summed E-state index contributed by atoms with van der Waals surface area (Å²) in [6, 6.07) is 34.9. The van der Waals surface area contributed by atoms with Crippen molar-refractivity contribution in [1.29, 1.82) is 0 Å². The third-order valence-corrected chi connectivity index (χ3v) is 7.61. The molecule has 0 bridgehead atoms. The second-order valence-corrected chi connectivity index (χ2v) is 10.1. The summed E-state index contributed by atoms with van der Waals surface area (Å²) < 4.78 is 6.14. The van der Waals surface area contributed by atoms with Crippen LogP contribution in [0.2, 0.25) is 0 Å². The largest absolute Gasteiger partial charge is 0.489 e. The molecule has 2 unspecified atom stereocenters. The Bertz CT molecular complexity index is 1470. The minimum Gasteiger partial charge on any atom is -0.489 e. The van der Waals surface area contributed by atoms with Gasteiger partial charge >= 0.3 is 0 Å². The van der Waals surface area contributed by atoms with Crippen LogP contribution in [0.3, 0.4) is 0 Å². The molecule has 38 heavy (non-hydrogen) atoms. The van der Waals surface area contributed by atoms with E-state index < -0.39 is 0 Å². The van der Waals surface area contributed by atoms with Crippen LogP contribution in [0.5, 0.6) is 5.75 Å². The molecule has 0 amide bonds. The zero-order valence-electron chi connectivity index (χ0n) is 21.6. The lowest BCUT2D eigenvalue weighted by Crippen LogP contribution is -2.26. The van der Waals surface area contributed by atoms with Gasteiger partial charge in [-0.3, -0.25) is 4.79 Å². The van der Waals surface area contributed by atoms with Crippen molar-refractivity contribution in [3.63, 3.8) is 0 Å². The number of ketones is 1. The molecular formula is C34H32N2O2. The van der Waals surface area contributed by atoms with Crippen molar-refractivity contribution in [3.8, 4) is 5.75 Å². The molecule has 2 atom stereocenters. The average molecular weight is 501 g/mol. The predicted octanol–water partition coefficient (Wildman–Crippen LogP) is 7.81. The lowest BCUT2D eigenvalue weighted by molar-refractivity contribution is -0.116. The Balaban J connectivity index is 1.34. The van der Waals surface area contributed by atoms with Crippen LogP contribution in [0.25, 0.3) is 0 Å². The molecule has 4 heteroatoms. The number of carbonyl (C=O) groups is 1. The summed E-state index contributed by atoms with van der Waals surface area (Å²) in [5.74, 6) is 1.13. The van der Waals surface area contributed by atoms with Crippen molar-refractivity contribution >= 4 is 17.2 Å². The van der Waals surface area contributed by atoms with Crippen molar-refractivity contribution in [2.45, 2.75) is 44.8 Å². The summed E-state index contributed by atoms with van der Waals surface area (Å²) in [5.41, 5.74) is 8.48. The first-order chi connectivity index (χ1) is 18.7. The topological polar surface area (TPSA) is 50.4 Å². The number of carbonyl (C=O) groups excluding carboxylic acids is 1. The number of anilines is 2. The highest BCUT2D eigenvalue weighted by Crippen LogP contribution is 2.44. The van der Waals surface area contributed by atoms with Gasteiger partial charge in [0.25, 0.3) is 0 Å². The number of fused-ring (bicyclic) bond motifs is 1. The zero-order valence-corrected chi connectivity index (χ0v) is 21.6. The SMILES string of the molecule is CCc1ccc(C2CC(=O)C3=C(C2)Nc2ccccc2NC3c2cccc(OCc3ccccc3)c2)cc1. The first-order valence-electron chi connectivity index (χ1n) is 13.4. The molecule has 4 nitrogen and oxygen atoms in total. The van der Waals surface area contributed by atoms with E-state index in [1.807, 2.05) is 42.5 Å². The summed E-state index contributed by atoms with van der Waals surface area (Å²) in [7, 11) is 0. The van der Waals surface area contributed by atoms with E-state index in [9.17, 15) is 4.79 Å². The molecule has 1 aliphatic carbocycles. The first kappa shape index (κ1) is 24.1. The minimum atomic E-state index is -0.266. The molecule has 0 saturated carbocycles. The van der Waals surface area contributed by atoms with Crippen LogP contribution < -0.4 is 15.4 Å². The number of allylic oxidation sites excluding steroid dienone is 1. The number of ether oxygens (including phenoxy) is 1. The highest BCUT2D eigenvalue weighted by molar-refractivity contribution is 6.01. The number of para-hydroxylation sites is 2. The predicted molar refractivity (Wildman–Crippen MR) is 153 cm³/mol. The minimum absolute atomic E-state index is 0.158. The molecule has 0 fully saturated rings. The van der Waals surface area contributed by atoms with E-state index in [0.717, 1.165) is 52.4 Å². The second kappa shape index (κ2) is 10.6. The molecule has 0 spiro atoms. The molecule has 1 heterocycles. The van der Waals surface area contributed by atoms with Gasteiger partial charge in [-0.1, -0.05) is 85.8 Å². The van der Waals surface area contributed by atoms with E-state index in [1.54, 1.807) is 0 Å². The highest BCUT2D eigenvalue weighted by Gasteiger charge is 2.36. The number of hydrogen-bond donors (Lipinski definition) is 2. The molecule has 2 N–H and O–H groups in total. The number of benzene rings is 4. The van der Waals surface area contributed by atoms with E-state index in [-0.39, 0.29) is 17.7 Å². The first-order valence-corrected chi connectivity index (χ1v) is 13.4. The van der Waals surface area contributed by atoms with Gasteiger partial charge in [-0.25, -0.2) is 0 Å². The van der Waals surface area contributed by atoms with Gasteiger partial charge in [-0.05, 0) is 65.3 Å². The van der Waals surface area contributed by atoms with Crippen LogP contribution in [-0.4, -0.2) is 5.78 Å². The number of rotatable bonds is 6. The standard InChI is InChI=1S/C34H32N2O2/c1-2-23-15-17-25(18-16-23)27-20-31-33(32(37)21-27)34(36-30-14-7-6-13-29(30)35-31)26-11-8-12-28(19-26)38-22-24-9-4-3-5-10-24/h3-19,27,34-36H,2,20-22H2,1H3.